The van der Waals surface area contributed by atoms with Gasteiger partial charge in [-0.2, -0.15) is 0 Å². The van der Waals surface area contributed by atoms with Crippen molar-refractivity contribution in [1.82, 2.24) is 9.88 Å². The van der Waals surface area contributed by atoms with Crippen LogP contribution < -0.4 is 5.32 Å². The van der Waals surface area contributed by atoms with Crippen molar-refractivity contribution in [2.45, 2.75) is 30.0 Å². The molecule has 0 amide bonds. The number of rotatable bonds is 2. The summed E-state index contributed by atoms with van der Waals surface area (Å²) in [4.78, 5) is 11.1. The second-order valence-electron chi connectivity index (χ2n) is 4.58. The maximum absolute atomic E-state index is 11.1. The van der Waals surface area contributed by atoms with Gasteiger partial charge < -0.3 is 9.67 Å². The number of aryl methyl sites for hydroxylation is 1. The van der Waals surface area contributed by atoms with Gasteiger partial charge in [0.2, 0.25) is 0 Å². The van der Waals surface area contributed by atoms with Gasteiger partial charge in [-0.05, 0) is 26.0 Å². The van der Waals surface area contributed by atoms with Gasteiger partial charge in [0.15, 0.2) is 0 Å². The number of nitrogens with one attached hydrogen (secondary N) is 1. The number of carbonyl (C=O) groups is 1. The predicted octanol–water partition coefficient (Wildman–Crippen LogP) is 1.59. The van der Waals surface area contributed by atoms with E-state index in [9.17, 15) is 4.79 Å². The highest BCUT2D eigenvalue weighted by molar-refractivity contribution is 8.01. The van der Waals surface area contributed by atoms with Gasteiger partial charge in [-0.25, -0.2) is 0 Å². The molecule has 1 aliphatic rings. The third kappa shape index (κ3) is 1.85. The molecule has 0 bridgehead atoms. The molecule has 2 atom stereocenters. The Morgan fingerprint density at radius 2 is 2.31 bits per heavy atom. The van der Waals surface area contributed by atoms with Gasteiger partial charge in [0.25, 0.3) is 0 Å². The molecule has 1 saturated heterocycles. The molecule has 0 radical (unpaired) electrons. The number of thioether (sulfide) groups is 1. The lowest BCUT2D eigenvalue weighted by atomic mass is 10.0. The summed E-state index contributed by atoms with van der Waals surface area (Å²) in [6, 6.07) is 3.49. The smallest absolute Gasteiger partial charge is 0.322 e. The SMILES string of the molecule is Cn1cccc1C1N[C@@H](C(=O)O)C(C)(C)S1. The quantitative estimate of drug-likeness (QED) is 0.824. The molecule has 1 fully saturated rings. The van der Waals surface area contributed by atoms with E-state index in [1.54, 1.807) is 11.8 Å². The average Bonchev–Trinajstić information content (AvgIpc) is 2.68. The Balaban J connectivity index is 2.24. The first kappa shape index (κ1) is 11.5. The molecule has 1 aliphatic heterocycles. The normalized spacial score (nSPS) is 28.2. The van der Waals surface area contributed by atoms with Crippen molar-refractivity contribution < 1.29 is 9.90 Å². The maximum atomic E-state index is 11.1. The third-order valence-electron chi connectivity index (χ3n) is 2.93. The number of nitrogens with zero attached hydrogens (tertiary/aromatic N) is 1. The fourth-order valence-corrected chi connectivity index (χ4v) is 3.50. The van der Waals surface area contributed by atoms with Crippen LogP contribution in [0.1, 0.15) is 24.9 Å². The Labute approximate surface area is 99.0 Å². The lowest BCUT2D eigenvalue weighted by molar-refractivity contribution is -0.139. The molecule has 1 unspecified atom stereocenters. The van der Waals surface area contributed by atoms with Crippen molar-refractivity contribution in [3.05, 3.63) is 24.0 Å². The van der Waals surface area contributed by atoms with Crippen LogP contribution in [0.15, 0.2) is 18.3 Å². The molecule has 0 aliphatic carbocycles. The van der Waals surface area contributed by atoms with Crippen LogP contribution in [0, 0.1) is 0 Å². The van der Waals surface area contributed by atoms with Crippen molar-refractivity contribution in [2.75, 3.05) is 0 Å². The van der Waals surface area contributed by atoms with Crippen LogP contribution in [0.5, 0.6) is 0 Å². The topological polar surface area (TPSA) is 54.3 Å². The zero-order valence-electron chi connectivity index (χ0n) is 9.60. The van der Waals surface area contributed by atoms with Gasteiger partial charge >= 0.3 is 5.97 Å². The van der Waals surface area contributed by atoms with Gasteiger partial charge in [-0.3, -0.25) is 10.1 Å². The number of carboxylic acids is 1. The zero-order chi connectivity index (χ0) is 11.9. The van der Waals surface area contributed by atoms with Crippen molar-refractivity contribution in [3.63, 3.8) is 0 Å². The minimum absolute atomic E-state index is 0.0519. The van der Waals surface area contributed by atoms with E-state index < -0.39 is 12.0 Å². The Morgan fingerprint density at radius 3 is 2.75 bits per heavy atom. The van der Waals surface area contributed by atoms with E-state index in [0.29, 0.717) is 0 Å². The summed E-state index contributed by atoms with van der Waals surface area (Å²) < 4.78 is 1.73. The molecule has 2 rings (SSSR count). The minimum Gasteiger partial charge on any atom is -0.480 e. The monoisotopic (exact) mass is 240 g/mol. The number of aromatic nitrogens is 1. The number of aliphatic carboxylic acids is 1. The van der Waals surface area contributed by atoms with Gasteiger partial charge in [-0.15, -0.1) is 11.8 Å². The van der Waals surface area contributed by atoms with Crippen molar-refractivity contribution in [2.24, 2.45) is 7.05 Å². The van der Waals surface area contributed by atoms with Crippen LogP contribution in [-0.2, 0) is 11.8 Å². The first-order valence-electron chi connectivity index (χ1n) is 5.20. The van der Waals surface area contributed by atoms with Gasteiger partial charge in [0.05, 0.1) is 5.37 Å². The third-order valence-corrected chi connectivity index (χ3v) is 4.39. The zero-order valence-corrected chi connectivity index (χ0v) is 10.4. The molecular weight excluding hydrogens is 224 g/mol. The van der Waals surface area contributed by atoms with Crippen molar-refractivity contribution in [3.8, 4) is 0 Å². The van der Waals surface area contributed by atoms with Crippen LogP contribution in [0.25, 0.3) is 0 Å². The Morgan fingerprint density at radius 1 is 1.62 bits per heavy atom. The Hall–Kier alpha value is -0.940. The second-order valence-corrected chi connectivity index (χ2v) is 6.34. The van der Waals surface area contributed by atoms with E-state index in [2.05, 4.69) is 5.32 Å². The number of hydrogen-bond donors (Lipinski definition) is 2. The summed E-state index contributed by atoms with van der Waals surface area (Å²) in [5.41, 5.74) is 1.11. The predicted molar refractivity (Wildman–Crippen MR) is 64.4 cm³/mol. The fourth-order valence-electron chi connectivity index (χ4n) is 2.02. The number of carboxylic acid groups (broad SMARTS) is 1. The molecule has 2 N–H and O–H groups in total. The molecule has 0 spiro atoms. The molecule has 1 aromatic heterocycles. The Bertz CT molecular complexity index is 414. The van der Waals surface area contributed by atoms with Gasteiger partial charge in [0, 0.05) is 23.7 Å². The standard InChI is InChI=1S/C11H16N2O2S/c1-11(2)8(10(14)15)12-9(16-11)7-5-4-6-13(7)3/h4-6,8-9,12H,1-3H3,(H,14,15)/t8-,9?/m0/s1. The largest absolute Gasteiger partial charge is 0.480 e. The van der Waals surface area contributed by atoms with Crippen LogP contribution >= 0.6 is 11.8 Å². The van der Waals surface area contributed by atoms with E-state index in [0.717, 1.165) is 5.69 Å². The summed E-state index contributed by atoms with van der Waals surface area (Å²) in [5.74, 6) is -0.783. The van der Waals surface area contributed by atoms with Crippen LogP contribution in [0.2, 0.25) is 0 Å². The molecule has 16 heavy (non-hydrogen) atoms. The van der Waals surface area contributed by atoms with E-state index in [-0.39, 0.29) is 10.1 Å². The molecule has 0 aromatic carbocycles. The summed E-state index contributed by atoms with van der Waals surface area (Å²) in [5, 5.41) is 12.4. The van der Waals surface area contributed by atoms with Crippen LogP contribution in [0.3, 0.4) is 0 Å². The average molecular weight is 240 g/mol. The van der Waals surface area contributed by atoms with E-state index in [1.807, 2.05) is 43.8 Å². The highest BCUT2D eigenvalue weighted by Crippen LogP contribution is 2.45. The number of hydrogen-bond acceptors (Lipinski definition) is 3. The lowest BCUT2D eigenvalue weighted by Gasteiger charge is -2.20. The molecule has 5 heteroatoms. The van der Waals surface area contributed by atoms with Crippen LogP contribution in [-0.4, -0.2) is 26.4 Å². The molecule has 0 saturated carbocycles. The highest BCUT2D eigenvalue weighted by atomic mass is 32.2. The minimum atomic E-state index is -0.783. The molecule has 88 valence electrons. The second kappa shape index (κ2) is 3.82. The van der Waals surface area contributed by atoms with Crippen molar-refractivity contribution >= 4 is 17.7 Å². The Kier molecular flexibility index (Phi) is 2.75. The molecule has 4 nitrogen and oxygen atoms in total. The molecular formula is C11H16N2O2S. The van der Waals surface area contributed by atoms with Crippen molar-refractivity contribution in [1.29, 1.82) is 0 Å². The maximum Gasteiger partial charge on any atom is 0.322 e. The molecule has 2 heterocycles. The molecule has 1 aromatic rings. The summed E-state index contributed by atoms with van der Waals surface area (Å²) in [7, 11) is 1.97. The van der Waals surface area contributed by atoms with Gasteiger partial charge in [0.1, 0.15) is 6.04 Å². The van der Waals surface area contributed by atoms with E-state index in [1.165, 1.54) is 0 Å². The van der Waals surface area contributed by atoms with E-state index >= 15 is 0 Å². The summed E-state index contributed by atoms with van der Waals surface area (Å²) in [6.07, 6.45) is 1.97. The summed E-state index contributed by atoms with van der Waals surface area (Å²) >= 11 is 1.66. The lowest BCUT2D eigenvalue weighted by Crippen LogP contribution is -2.43. The van der Waals surface area contributed by atoms with E-state index in [4.69, 9.17) is 5.11 Å². The first-order valence-corrected chi connectivity index (χ1v) is 6.07. The van der Waals surface area contributed by atoms with Gasteiger partial charge in [-0.1, -0.05) is 0 Å². The fraction of sp³-hybridized carbons (Fsp3) is 0.545. The van der Waals surface area contributed by atoms with Crippen LogP contribution in [0.4, 0.5) is 0 Å². The highest BCUT2D eigenvalue weighted by Gasteiger charge is 2.46. The summed E-state index contributed by atoms with van der Waals surface area (Å²) in [6.45, 7) is 3.93. The first-order chi connectivity index (χ1) is 7.42.